The van der Waals surface area contributed by atoms with Crippen molar-refractivity contribution in [1.29, 1.82) is 0 Å². The number of rotatable bonds is 7. The van der Waals surface area contributed by atoms with Gasteiger partial charge in [-0.2, -0.15) is 15.0 Å². The average molecular weight is 239 g/mol. The van der Waals surface area contributed by atoms with Gasteiger partial charge < -0.3 is 15.4 Å². The van der Waals surface area contributed by atoms with E-state index < -0.39 is 0 Å². The molecule has 0 aromatic carbocycles. The number of nitrogens with zero attached hydrogens (tertiary/aromatic N) is 4. The van der Waals surface area contributed by atoms with Gasteiger partial charge in [-0.25, -0.2) is 0 Å². The molecule has 0 spiro atoms. The van der Waals surface area contributed by atoms with Crippen molar-refractivity contribution in [2.45, 2.75) is 32.6 Å². The Morgan fingerprint density at radius 3 is 2.53 bits per heavy atom. The second-order valence-electron chi connectivity index (χ2n) is 4.08. The summed E-state index contributed by atoms with van der Waals surface area (Å²) in [7, 11) is 3.69. The van der Waals surface area contributed by atoms with E-state index in [0.29, 0.717) is 18.6 Å². The van der Waals surface area contributed by atoms with Gasteiger partial charge >= 0.3 is 6.01 Å². The minimum atomic E-state index is 0.187. The number of aromatic nitrogens is 3. The lowest BCUT2D eigenvalue weighted by Crippen LogP contribution is -2.15. The topological polar surface area (TPSA) is 77.2 Å². The van der Waals surface area contributed by atoms with E-state index in [0.717, 1.165) is 12.8 Å². The van der Waals surface area contributed by atoms with Crippen molar-refractivity contribution in [2.75, 3.05) is 31.3 Å². The molecule has 6 heteroatoms. The zero-order chi connectivity index (χ0) is 12.7. The van der Waals surface area contributed by atoms with Crippen molar-refractivity contribution in [2.24, 2.45) is 0 Å². The molecule has 0 unspecified atom stereocenters. The molecular formula is C11H21N5O. The van der Waals surface area contributed by atoms with Crippen LogP contribution in [-0.2, 0) is 0 Å². The predicted molar refractivity (Wildman–Crippen MR) is 68.2 cm³/mol. The number of unbranched alkanes of at least 4 members (excludes halogenated alkanes) is 3. The highest BCUT2D eigenvalue weighted by Gasteiger charge is 2.06. The molecule has 0 aliphatic carbocycles. The summed E-state index contributed by atoms with van der Waals surface area (Å²) in [6, 6.07) is 0.303. The Labute approximate surface area is 102 Å². The van der Waals surface area contributed by atoms with Crippen LogP contribution in [0.4, 0.5) is 11.9 Å². The third kappa shape index (κ3) is 4.84. The van der Waals surface area contributed by atoms with Gasteiger partial charge in [0.1, 0.15) is 0 Å². The Kier molecular flexibility index (Phi) is 5.45. The first-order valence-corrected chi connectivity index (χ1v) is 5.95. The zero-order valence-corrected chi connectivity index (χ0v) is 10.8. The van der Waals surface area contributed by atoms with Gasteiger partial charge in [-0.1, -0.05) is 26.2 Å². The maximum Gasteiger partial charge on any atom is 0.323 e. The van der Waals surface area contributed by atoms with Crippen molar-refractivity contribution in [3.05, 3.63) is 0 Å². The molecule has 1 heterocycles. The normalized spacial score (nSPS) is 10.3. The highest BCUT2D eigenvalue weighted by atomic mass is 16.5. The molecule has 1 rings (SSSR count). The highest BCUT2D eigenvalue weighted by molar-refractivity contribution is 5.33. The van der Waals surface area contributed by atoms with Crippen LogP contribution in [0.5, 0.6) is 6.01 Å². The van der Waals surface area contributed by atoms with E-state index in [9.17, 15) is 0 Å². The fourth-order valence-corrected chi connectivity index (χ4v) is 1.32. The summed E-state index contributed by atoms with van der Waals surface area (Å²) in [6.45, 7) is 2.80. The van der Waals surface area contributed by atoms with Crippen LogP contribution >= 0.6 is 0 Å². The van der Waals surface area contributed by atoms with Gasteiger partial charge in [-0.15, -0.1) is 0 Å². The Morgan fingerprint density at radius 2 is 1.88 bits per heavy atom. The van der Waals surface area contributed by atoms with Crippen LogP contribution in [0.2, 0.25) is 0 Å². The van der Waals surface area contributed by atoms with Gasteiger partial charge in [0.2, 0.25) is 11.9 Å². The summed E-state index contributed by atoms with van der Waals surface area (Å²) in [6.07, 6.45) is 4.61. The summed E-state index contributed by atoms with van der Waals surface area (Å²) < 4.78 is 5.46. The molecule has 0 fully saturated rings. The molecule has 17 heavy (non-hydrogen) atoms. The van der Waals surface area contributed by atoms with E-state index in [1.165, 1.54) is 12.8 Å². The van der Waals surface area contributed by atoms with E-state index in [-0.39, 0.29) is 5.95 Å². The Balaban J connectivity index is 2.47. The second kappa shape index (κ2) is 6.88. The summed E-state index contributed by atoms with van der Waals surface area (Å²) in [5.41, 5.74) is 5.58. The number of hydrogen-bond donors (Lipinski definition) is 1. The summed E-state index contributed by atoms with van der Waals surface area (Å²) >= 11 is 0. The number of nitrogen functional groups attached to an aromatic ring is 1. The zero-order valence-electron chi connectivity index (χ0n) is 10.8. The molecule has 6 nitrogen and oxygen atoms in total. The number of hydrogen-bond acceptors (Lipinski definition) is 6. The second-order valence-corrected chi connectivity index (χ2v) is 4.08. The molecule has 2 N–H and O–H groups in total. The fourth-order valence-electron chi connectivity index (χ4n) is 1.32. The molecule has 1 aromatic heterocycles. The molecule has 0 atom stereocenters. The van der Waals surface area contributed by atoms with Crippen molar-refractivity contribution < 1.29 is 4.74 Å². The van der Waals surface area contributed by atoms with Gasteiger partial charge in [0.05, 0.1) is 6.61 Å². The van der Waals surface area contributed by atoms with Gasteiger partial charge in [0, 0.05) is 14.1 Å². The first-order valence-electron chi connectivity index (χ1n) is 5.95. The van der Waals surface area contributed by atoms with Crippen LogP contribution in [0.1, 0.15) is 32.6 Å². The van der Waals surface area contributed by atoms with Crippen molar-refractivity contribution in [1.82, 2.24) is 15.0 Å². The van der Waals surface area contributed by atoms with Crippen LogP contribution in [0, 0.1) is 0 Å². The Bertz CT molecular complexity index is 343. The van der Waals surface area contributed by atoms with Gasteiger partial charge in [-0.3, -0.25) is 0 Å². The van der Waals surface area contributed by atoms with E-state index in [1.54, 1.807) is 4.90 Å². The number of nitrogens with two attached hydrogens (primary N) is 1. The highest BCUT2D eigenvalue weighted by Crippen LogP contribution is 2.11. The monoisotopic (exact) mass is 239 g/mol. The summed E-state index contributed by atoms with van der Waals surface area (Å²) in [4.78, 5) is 13.9. The fraction of sp³-hybridized carbons (Fsp3) is 0.727. The molecule has 0 aliphatic heterocycles. The van der Waals surface area contributed by atoms with Crippen LogP contribution in [-0.4, -0.2) is 35.7 Å². The third-order valence-corrected chi connectivity index (χ3v) is 2.25. The number of ether oxygens (including phenoxy) is 1. The van der Waals surface area contributed by atoms with E-state index >= 15 is 0 Å². The smallest absolute Gasteiger partial charge is 0.323 e. The van der Waals surface area contributed by atoms with E-state index in [2.05, 4.69) is 21.9 Å². The third-order valence-electron chi connectivity index (χ3n) is 2.25. The molecule has 1 aromatic rings. The first-order chi connectivity index (χ1) is 8.13. The van der Waals surface area contributed by atoms with Gasteiger partial charge in [0.15, 0.2) is 0 Å². The van der Waals surface area contributed by atoms with Gasteiger partial charge in [-0.05, 0) is 6.42 Å². The van der Waals surface area contributed by atoms with Crippen LogP contribution in [0.3, 0.4) is 0 Å². The molecule has 0 saturated carbocycles. The van der Waals surface area contributed by atoms with Crippen LogP contribution in [0.15, 0.2) is 0 Å². The number of anilines is 2. The van der Waals surface area contributed by atoms with E-state index in [1.807, 2.05) is 14.1 Å². The lowest BCUT2D eigenvalue weighted by molar-refractivity contribution is 0.281. The molecule has 0 amide bonds. The molecule has 0 aliphatic rings. The summed E-state index contributed by atoms with van der Waals surface area (Å²) in [5, 5.41) is 0. The molecule has 0 bridgehead atoms. The lowest BCUT2D eigenvalue weighted by Gasteiger charge is -2.11. The maximum absolute atomic E-state index is 5.58. The molecular weight excluding hydrogens is 218 g/mol. The van der Waals surface area contributed by atoms with Crippen molar-refractivity contribution in [3.8, 4) is 6.01 Å². The minimum absolute atomic E-state index is 0.187. The van der Waals surface area contributed by atoms with Gasteiger partial charge in [0.25, 0.3) is 0 Å². The first kappa shape index (κ1) is 13.5. The predicted octanol–water partition coefficient (Wildman–Crippen LogP) is 1.48. The average Bonchev–Trinajstić information content (AvgIpc) is 2.28. The Hall–Kier alpha value is -1.59. The lowest BCUT2D eigenvalue weighted by atomic mass is 10.2. The quantitative estimate of drug-likeness (QED) is 0.726. The Morgan fingerprint density at radius 1 is 1.12 bits per heavy atom. The van der Waals surface area contributed by atoms with Crippen LogP contribution < -0.4 is 15.4 Å². The largest absolute Gasteiger partial charge is 0.463 e. The summed E-state index contributed by atoms with van der Waals surface area (Å²) in [5.74, 6) is 0.702. The molecule has 0 radical (unpaired) electrons. The SMILES string of the molecule is CCCCCCOc1nc(N)nc(N(C)C)n1. The van der Waals surface area contributed by atoms with Crippen molar-refractivity contribution >= 4 is 11.9 Å². The maximum atomic E-state index is 5.58. The van der Waals surface area contributed by atoms with E-state index in [4.69, 9.17) is 10.5 Å². The molecule has 96 valence electrons. The van der Waals surface area contributed by atoms with Crippen LogP contribution in [0.25, 0.3) is 0 Å². The molecule has 0 saturated heterocycles. The standard InChI is InChI=1S/C11H21N5O/c1-4-5-6-7-8-17-11-14-9(12)13-10(15-11)16(2)3/h4-8H2,1-3H3,(H2,12,13,14,15). The van der Waals surface area contributed by atoms with Crippen molar-refractivity contribution in [3.63, 3.8) is 0 Å². The minimum Gasteiger partial charge on any atom is -0.463 e.